The number of hydrogen-bond acceptors (Lipinski definition) is 4. The third kappa shape index (κ3) is 2.25. The zero-order chi connectivity index (χ0) is 11.5. The zero-order valence-corrected chi connectivity index (χ0v) is 11.2. The molecule has 5 heteroatoms. The molecule has 0 saturated carbocycles. The van der Waals surface area contributed by atoms with Gasteiger partial charge in [0.15, 0.2) is 5.82 Å². The van der Waals surface area contributed by atoms with Gasteiger partial charge in [0.1, 0.15) is 6.61 Å². The van der Waals surface area contributed by atoms with E-state index in [1.165, 1.54) is 3.57 Å². The largest absolute Gasteiger partial charge is 0.377 e. The van der Waals surface area contributed by atoms with Crippen LogP contribution in [-0.2, 0) is 11.3 Å². The van der Waals surface area contributed by atoms with Crippen molar-refractivity contribution in [3.8, 4) is 11.5 Å². The predicted molar refractivity (Wildman–Crippen MR) is 67.9 cm³/mol. The maximum atomic E-state index is 5.19. The van der Waals surface area contributed by atoms with Crippen molar-refractivity contribution in [2.24, 2.45) is 0 Å². The lowest BCUT2D eigenvalue weighted by atomic mass is 10.1. The van der Waals surface area contributed by atoms with Gasteiger partial charge in [-0.25, -0.2) is 0 Å². The van der Waals surface area contributed by atoms with Gasteiger partial charge in [0.2, 0.25) is 0 Å². The molecule has 1 heterocycles. The van der Waals surface area contributed by atoms with Gasteiger partial charge in [-0.1, -0.05) is 11.2 Å². The Bertz CT molecular complexity index is 496. The van der Waals surface area contributed by atoms with Crippen molar-refractivity contribution in [2.45, 2.75) is 13.5 Å². The summed E-state index contributed by atoms with van der Waals surface area (Å²) in [6, 6.07) is 6.00. The Labute approximate surface area is 107 Å². The van der Waals surface area contributed by atoms with Crippen LogP contribution in [0.15, 0.2) is 22.7 Å². The average molecular weight is 330 g/mol. The summed E-state index contributed by atoms with van der Waals surface area (Å²) < 4.78 is 11.3. The van der Waals surface area contributed by atoms with E-state index in [-0.39, 0.29) is 0 Å². The Morgan fingerprint density at radius 3 is 3.00 bits per heavy atom. The van der Waals surface area contributed by atoms with Crippen LogP contribution in [0.1, 0.15) is 11.4 Å². The molecule has 0 amide bonds. The standard InChI is InChI=1S/C11H11IN2O2/c1-7-8(4-3-5-9(7)12)11-13-10(6-15-2)14-16-11/h3-5H,6H2,1-2H3. The highest BCUT2D eigenvalue weighted by Gasteiger charge is 2.11. The normalized spacial score (nSPS) is 10.7. The predicted octanol–water partition coefficient (Wildman–Crippen LogP) is 2.80. The van der Waals surface area contributed by atoms with Gasteiger partial charge in [0.05, 0.1) is 0 Å². The van der Waals surface area contributed by atoms with Crippen molar-refractivity contribution in [1.29, 1.82) is 0 Å². The van der Waals surface area contributed by atoms with E-state index < -0.39 is 0 Å². The van der Waals surface area contributed by atoms with E-state index in [4.69, 9.17) is 9.26 Å². The summed E-state index contributed by atoms with van der Waals surface area (Å²) in [6.45, 7) is 2.41. The Kier molecular flexibility index (Phi) is 3.55. The van der Waals surface area contributed by atoms with Crippen LogP contribution in [0.3, 0.4) is 0 Å². The minimum Gasteiger partial charge on any atom is -0.377 e. The molecule has 0 aliphatic carbocycles. The van der Waals surface area contributed by atoms with Crippen LogP contribution in [0, 0.1) is 10.5 Å². The smallest absolute Gasteiger partial charge is 0.258 e. The molecule has 16 heavy (non-hydrogen) atoms. The number of nitrogens with zero attached hydrogens (tertiary/aromatic N) is 2. The first-order valence-electron chi connectivity index (χ1n) is 4.79. The number of aromatic nitrogens is 2. The van der Waals surface area contributed by atoms with Crippen LogP contribution in [0.2, 0.25) is 0 Å². The number of benzene rings is 1. The third-order valence-corrected chi connectivity index (χ3v) is 3.41. The fourth-order valence-corrected chi connectivity index (χ4v) is 1.89. The summed E-state index contributed by atoms with van der Waals surface area (Å²) in [6.07, 6.45) is 0. The molecular weight excluding hydrogens is 319 g/mol. The molecular formula is C11H11IN2O2. The second-order valence-corrected chi connectivity index (χ2v) is 4.52. The zero-order valence-electron chi connectivity index (χ0n) is 9.03. The molecule has 84 valence electrons. The maximum absolute atomic E-state index is 5.19. The molecule has 0 aliphatic heterocycles. The quantitative estimate of drug-likeness (QED) is 0.812. The molecule has 2 aromatic rings. The number of ether oxygens (including phenoxy) is 1. The van der Waals surface area contributed by atoms with Gasteiger partial charge in [-0.2, -0.15) is 4.98 Å². The van der Waals surface area contributed by atoms with Crippen LogP contribution in [-0.4, -0.2) is 17.3 Å². The number of rotatable bonds is 3. The SMILES string of the molecule is COCc1noc(-c2cccc(I)c2C)n1. The molecule has 0 spiro atoms. The minimum absolute atomic E-state index is 0.368. The molecule has 4 nitrogen and oxygen atoms in total. The summed E-state index contributed by atoms with van der Waals surface area (Å²) in [5.74, 6) is 1.11. The Hall–Kier alpha value is -0.950. The first kappa shape index (κ1) is 11.5. The van der Waals surface area contributed by atoms with E-state index in [1.54, 1.807) is 7.11 Å². The highest BCUT2D eigenvalue weighted by molar-refractivity contribution is 14.1. The lowest BCUT2D eigenvalue weighted by molar-refractivity contribution is 0.174. The van der Waals surface area contributed by atoms with E-state index in [0.29, 0.717) is 18.3 Å². The van der Waals surface area contributed by atoms with E-state index >= 15 is 0 Å². The molecule has 0 aliphatic rings. The van der Waals surface area contributed by atoms with Gasteiger partial charge >= 0.3 is 0 Å². The van der Waals surface area contributed by atoms with Crippen LogP contribution in [0.25, 0.3) is 11.5 Å². The van der Waals surface area contributed by atoms with Crippen LogP contribution < -0.4 is 0 Å². The number of hydrogen-bond donors (Lipinski definition) is 0. The summed E-state index contributed by atoms with van der Waals surface area (Å²) in [5, 5.41) is 3.84. The van der Waals surface area contributed by atoms with Crippen LogP contribution >= 0.6 is 22.6 Å². The third-order valence-electron chi connectivity index (χ3n) is 2.24. The van der Waals surface area contributed by atoms with Gasteiger partial charge in [0.25, 0.3) is 5.89 Å². The van der Waals surface area contributed by atoms with Gasteiger partial charge in [-0.05, 0) is 47.2 Å². The van der Waals surface area contributed by atoms with Crippen molar-refractivity contribution >= 4 is 22.6 Å². The summed E-state index contributed by atoms with van der Waals surface area (Å²) in [5.41, 5.74) is 2.12. The molecule has 1 aromatic carbocycles. The highest BCUT2D eigenvalue weighted by Crippen LogP contribution is 2.25. The molecule has 0 saturated heterocycles. The van der Waals surface area contributed by atoms with Crippen LogP contribution in [0.4, 0.5) is 0 Å². The monoisotopic (exact) mass is 330 g/mol. The Morgan fingerprint density at radius 2 is 2.25 bits per heavy atom. The van der Waals surface area contributed by atoms with E-state index in [1.807, 2.05) is 25.1 Å². The molecule has 0 bridgehead atoms. The topological polar surface area (TPSA) is 48.2 Å². The van der Waals surface area contributed by atoms with Crippen molar-refractivity contribution in [2.75, 3.05) is 7.11 Å². The van der Waals surface area contributed by atoms with Gasteiger partial charge in [-0.3, -0.25) is 0 Å². The van der Waals surface area contributed by atoms with Crippen molar-refractivity contribution < 1.29 is 9.26 Å². The van der Waals surface area contributed by atoms with Crippen molar-refractivity contribution in [3.05, 3.63) is 33.2 Å². The van der Waals surface area contributed by atoms with Crippen LogP contribution in [0.5, 0.6) is 0 Å². The van der Waals surface area contributed by atoms with Gasteiger partial charge in [0, 0.05) is 16.2 Å². The molecule has 0 unspecified atom stereocenters. The fourth-order valence-electron chi connectivity index (χ4n) is 1.39. The molecule has 0 fully saturated rings. The lowest BCUT2D eigenvalue weighted by Gasteiger charge is -2.01. The van der Waals surface area contributed by atoms with Gasteiger partial charge in [-0.15, -0.1) is 0 Å². The first-order valence-corrected chi connectivity index (χ1v) is 5.87. The molecule has 2 rings (SSSR count). The molecule has 0 atom stereocenters. The molecule has 0 radical (unpaired) electrons. The minimum atomic E-state index is 0.368. The van der Waals surface area contributed by atoms with Gasteiger partial charge < -0.3 is 9.26 Å². The average Bonchev–Trinajstić information content (AvgIpc) is 2.71. The second kappa shape index (κ2) is 4.92. The van der Waals surface area contributed by atoms with Crippen molar-refractivity contribution in [1.82, 2.24) is 10.1 Å². The highest BCUT2D eigenvalue weighted by atomic mass is 127. The second-order valence-electron chi connectivity index (χ2n) is 3.36. The molecule has 1 aromatic heterocycles. The van der Waals surface area contributed by atoms with Crippen molar-refractivity contribution in [3.63, 3.8) is 0 Å². The first-order chi connectivity index (χ1) is 7.72. The van der Waals surface area contributed by atoms with E-state index in [0.717, 1.165) is 11.1 Å². The summed E-state index contributed by atoms with van der Waals surface area (Å²) in [4.78, 5) is 4.27. The summed E-state index contributed by atoms with van der Waals surface area (Å²) in [7, 11) is 1.60. The maximum Gasteiger partial charge on any atom is 0.258 e. The number of methoxy groups -OCH3 is 1. The Morgan fingerprint density at radius 1 is 1.44 bits per heavy atom. The van der Waals surface area contributed by atoms with E-state index in [9.17, 15) is 0 Å². The Balaban J connectivity index is 2.39. The van der Waals surface area contributed by atoms with E-state index in [2.05, 4.69) is 32.7 Å². The fraction of sp³-hybridized carbons (Fsp3) is 0.273. The number of halogens is 1. The summed E-state index contributed by atoms with van der Waals surface area (Å²) >= 11 is 2.29. The lowest BCUT2D eigenvalue weighted by Crippen LogP contribution is -1.90. The molecule has 0 N–H and O–H groups in total.